The second kappa shape index (κ2) is 9.63. The fourth-order valence-electron chi connectivity index (χ4n) is 3.01. The van der Waals surface area contributed by atoms with E-state index in [9.17, 15) is 10.1 Å². The number of ether oxygens (including phenoxy) is 2. The predicted octanol–water partition coefficient (Wildman–Crippen LogP) is 6.17. The first kappa shape index (κ1) is 21.6. The summed E-state index contributed by atoms with van der Waals surface area (Å²) in [5.41, 5.74) is 5.42. The molecule has 0 fully saturated rings. The molecule has 6 nitrogen and oxygen atoms in total. The number of halogens is 1. The van der Waals surface area contributed by atoms with Crippen LogP contribution in [0.5, 0.6) is 11.5 Å². The lowest BCUT2D eigenvalue weighted by atomic mass is 10.1. The van der Waals surface area contributed by atoms with Crippen molar-refractivity contribution in [3.05, 3.63) is 91.4 Å². The predicted molar refractivity (Wildman–Crippen MR) is 121 cm³/mol. The fraction of sp³-hybridized carbons (Fsp3) is 0.217. The van der Waals surface area contributed by atoms with Crippen LogP contribution >= 0.6 is 15.9 Å². The SMILES string of the molecule is COc1cc(CNc2cc(C)ccc2C)cc(Br)c1OCc1ccc([N+](=O)[O-])cc1. The molecular weight excluding hydrogens is 448 g/mol. The summed E-state index contributed by atoms with van der Waals surface area (Å²) in [7, 11) is 1.60. The van der Waals surface area contributed by atoms with Crippen molar-refractivity contribution in [2.24, 2.45) is 0 Å². The van der Waals surface area contributed by atoms with Gasteiger partial charge in [0.2, 0.25) is 0 Å². The Morgan fingerprint density at radius 3 is 2.43 bits per heavy atom. The first-order valence-corrected chi connectivity index (χ1v) is 10.2. The van der Waals surface area contributed by atoms with Gasteiger partial charge in [-0.15, -0.1) is 0 Å². The van der Waals surface area contributed by atoms with Crippen molar-refractivity contribution in [2.45, 2.75) is 27.0 Å². The highest BCUT2D eigenvalue weighted by atomic mass is 79.9. The molecule has 0 aliphatic carbocycles. The topological polar surface area (TPSA) is 73.6 Å². The third kappa shape index (κ3) is 5.30. The molecule has 0 saturated heterocycles. The van der Waals surface area contributed by atoms with E-state index in [4.69, 9.17) is 9.47 Å². The van der Waals surface area contributed by atoms with Crippen molar-refractivity contribution < 1.29 is 14.4 Å². The van der Waals surface area contributed by atoms with E-state index in [0.29, 0.717) is 18.0 Å². The molecule has 0 aliphatic rings. The Kier molecular flexibility index (Phi) is 6.95. The third-order valence-corrected chi connectivity index (χ3v) is 5.28. The zero-order valence-electron chi connectivity index (χ0n) is 17.1. The minimum absolute atomic E-state index is 0.0539. The van der Waals surface area contributed by atoms with Crippen LogP contribution in [0.1, 0.15) is 22.3 Å². The number of methoxy groups -OCH3 is 1. The second-order valence-corrected chi connectivity index (χ2v) is 7.85. The van der Waals surface area contributed by atoms with Gasteiger partial charge in [0.25, 0.3) is 5.69 Å². The normalized spacial score (nSPS) is 10.5. The summed E-state index contributed by atoms with van der Waals surface area (Å²) in [5.74, 6) is 1.20. The van der Waals surface area contributed by atoms with E-state index in [1.165, 1.54) is 23.3 Å². The molecule has 3 aromatic rings. The van der Waals surface area contributed by atoms with E-state index >= 15 is 0 Å². The standard InChI is InChI=1S/C23H23BrN2O4/c1-15-4-5-16(2)21(10-15)25-13-18-11-20(24)23(22(12-18)29-3)30-14-17-6-8-19(9-7-17)26(27)28/h4-12,25H,13-14H2,1-3H3. The molecule has 0 aromatic heterocycles. The zero-order chi connectivity index (χ0) is 21.7. The average molecular weight is 471 g/mol. The number of anilines is 1. The van der Waals surface area contributed by atoms with Gasteiger partial charge < -0.3 is 14.8 Å². The number of nitro benzene ring substituents is 1. The Morgan fingerprint density at radius 1 is 1.03 bits per heavy atom. The molecule has 0 bridgehead atoms. The third-order valence-electron chi connectivity index (χ3n) is 4.70. The Labute approximate surface area is 184 Å². The van der Waals surface area contributed by atoms with Crippen LogP contribution in [0.2, 0.25) is 0 Å². The van der Waals surface area contributed by atoms with Gasteiger partial charge in [-0.1, -0.05) is 12.1 Å². The van der Waals surface area contributed by atoms with Gasteiger partial charge in [0.15, 0.2) is 11.5 Å². The Morgan fingerprint density at radius 2 is 1.77 bits per heavy atom. The van der Waals surface area contributed by atoms with Gasteiger partial charge in [-0.3, -0.25) is 10.1 Å². The van der Waals surface area contributed by atoms with Crippen LogP contribution in [0.4, 0.5) is 11.4 Å². The quantitative estimate of drug-likeness (QED) is 0.314. The highest BCUT2D eigenvalue weighted by Gasteiger charge is 2.13. The van der Waals surface area contributed by atoms with Crippen LogP contribution in [-0.2, 0) is 13.2 Å². The molecule has 156 valence electrons. The lowest BCUT2D eigenvalue weighted by Crippen LogP contribution is -2.04. The first-order valence-electron chi connectivity index (χ1n) is 9.41. The number of hydrogen-bond acceptors (Lipinski definition) is 5. The summed E-state index contributed by atoms with van der Waals surface area (Å²) in [4.78, 5) is 10.4. The lowest BCUT2D eigenvalue weighted by Gasteiger charge is -2.16. The van der Waals surface area contributed by atoms with Gasteiger partial charge in [0.1, 0.15) is 6.61 Å². The van der Waals surface area contributed by atoms with E-state index in [1.807, 2.05) is 12.1 Å². The maximum absolute atomic E-state index is 10.8. The molecule has 0 saturated carbocycles. The molecule has 30 heavy (non-hydrogen) atoms. The van der Waals surface area contributed by atoms with Crippen molar-refractivity contribution >= 4 is 27.3 Å². The molecule has 0 aliphatic heterocycles. The molecule has 0 spiro atoms. The van der Waals surface area contributed by atoms with Crippen LogP contribution in [0.3, 0.4) is 0 Å². The van der Waals surface area contributed by atoms with Crippen LogP contribution < -0.4 is 14.8 Å². The van der Waals surface area contributed by atoms with Crippen LogP contribution in [0.15, 0.2) is 59.1 Å². The summed E-state index contributed by atoms with van der Waals surface area (Å²) in [6, 6.07) is 16.5. The number of rotatable bonds is 8. The first-order chi connectivity index (χ1) is 14.4. The van der Waals surface area contributed by atoms with Crippen molar-refractivity contribution in [3.8, 4) is 11.5 Å². The van der Waals surface area contributed by atoms with Crippen molar-refractivity contribution in [3.63, 3.8) is 0 Å². The van der Waals surface area contributed by atoms with E-state index in [1.54, 1.807) is 19.2 Å². The number of nitro groups is 1. The van der Waals surface area contributed by atoms with E-state index in [-0.39, 0.29) is 12.3 Å². The summed E-state index contributed by atoms with van der Waals surface area (Å²) in [6.45, 7) is 5.06. The van der Waals surface area contributed by atoms with Crippen molar-refractivity contribution in [1.82, 2.24) is 0 Å². The smallest absolute Gasteiger partial charge is 0.269 e. The van der Waals surface area contributed by atoms with Crippen LogP contribution in [-0.4, -0.2) is 12.0 Å². The molecule has 3 rings (SSSR count). The van der Waals surface area contributed by atoms with E-state index in [2.05, 4.69) is 53.3 Å². The number of non-ortho nitro benzene ring substituents is 1. The Balaban J connectivity index is 1.71. The van der Waals surface area contributed by atoms with Crippen LogP contribution in [0.25, 0.3) is 0 Å². The summed E-state index contributed by atoms with van der Waals surface area (Å²) in [5, 5.41) is 14.2. The number of nitrogens with one attached hydrogen (secondary N) is 1. The molecule has 7 heteroatoms. The van der Waals surface area contributed by atoms with Gasteiger partial charge in [-0.05, 0) is 82.4 Å². The average Bonchev–Trinajstić information content (AvgIpc) is 2.73. The van der Waals surface area contributed by atoms with Gasteiger partial charge in [-0.25, -0.2) is 0 Å². The second-order valence-electron chi connectivity index (χ2n) is 6.99. The van der Waals surface area contributed by atoms with Crippen LogP contribution in [0, 0.1) is 24.0 Å². The van der Waals surface area contributed by atoms with Crippen molar-refractivity contribution in [2.75, 3.05) is 12.4 Å². The Bertz CT molecular complexity index is 1050. The van der Waals surface area contributed by atoms with Gasteiger partial charge >= 0.3 is 0 Å². The summed E-state index contributed by atoms with van der Waals surface area (Å²) in [6.07, 6.45) is 0. The highest BCUT2D eigenvalue weighted by molar-refractivity contribution is 9.10. The molecule has 0 amide bonds. The maximum Gasteiger partial charge on any atom is 0.269 e. The number of nitrogens with zero attached hydrogens (tertiary/aromatic N) is 1. The minimum atomic E-state index is -0.421. The molecule has 0 heterocycles. The zero-order valence-corrected chi connectivity index (χ0v) is 18.7. The highest BCUT2D eigenvalue weighted by Crippen LogP contribution is 2.37. The number of hydrogen-bond donors (Lipinski definition) is 1. The largest absolute Gasteiger partial charge is 0.493 e. The summed E-state index contributed by atoms with van der Waals surface area (Å²) < 4.78 is 12.2. The molecule has 0 radical (unpaired) electrons. The Hall–Kier alpha value is -3.06. The van der Waals surface area contributed by atoms with E-state index in [0.717, 1.165) is 21.3 Å². The van der Waals surface area contributed by atoms with Gasteiger partial charge in [0, 0.05) is 24.4 Å². The fourth-order valence-corrected chi connectivity index (χ4v) is 3.61. The molecule has 0 unspecified atom stereocenters. The number of benzene rings is 3. The van der Waals surface area contributed by atoms with Gasteiger partial charge in [-0.2, -0.15) is 0 Å². The molecule has 3 aromatic carbocycles. The summed E-state index contributed by atoms with van der Waals surface area (Å²) >= 11 is 3.57. The lowest BCUT2D eigenvalue weighted by molar-refractivity contribution is -0.384. The molecular formula is C23H23BrN2O4. The maximum atomic E-state index is 10.8. The van der Waals surface area contributed by atoms with E-state index < -0.39 is 4.92 Å². The monoisotopic (exact) mass is 470 g/mol. The van der Waals surface area contributed by atoms with Gasteiger partial charge in [0.05, 0.1) is 16.5 Å². The minimum Gasteiger partial charge on any atom is -0.493 e. The molecule has 0 atom stereocenters. The van der Waals surface area contributed by atoms with Crippen molar-refractivity contribution in [1.29, 1.82) is 0 Å². The number of aryl methyl sites for hydroxylation is 2. The molecule has 1 N–H and O–H groups in total.